The average Bonchev–Trinajstić information content (AvgIpc) is 2.31. The molecule has 0 bridgehead atoms. The van der Waals surface area contributed by atoms with E-state index in [1.54, 1.807) is 0 Å². The highest BCUT2D eigenvalue weighted by Crippen LogP contribution is 2.35. The van der Waals surface area contributed by atoms with Gasteiger partial charge in [0.05, 0.1) is 6.10 Å². The summed E-state index contributed by atoms with van der Waals surface area (Å²) in [6.45, 7) is 0. The highest BCUT2D eigenvalue weighted by Gasteiger charge is 2.47. The molecule has 0 aromatic heterocycles. The number of hydrogen-bond acceptors (Lipinski definition) is 2. The summed E-state index contributed by atoms with van der Waals surface area (Å²) in [7, 11) is 0. The molecule has 1 rings (SSSR count). The predicted octanol–water partition coefficient (Wildman–Crippen LogP) is 1.07. The van der Waals surface area contributed by atoms with Crippen LogP contribution in [0, 0.1) is 5.92 Å². The Bertz CT molecular complexity index is 157. The van der Waals surface area contributed by atoms with Gasteiger partial charge < -0.3 is 10.2 Å². The maximum Gasteiger partial charge on any atom is 0.414 e. The third-order valence-corrected chi connectivity index (χ3v) is 2.27. The van der Waals surface area contributed by atoms with Crippen molar-refractivity contribution < 1.29 is 23.4 Å². The van der Waals surface area contributed by atoms with Crippen LogP contribution >= 0.6 is 0 Å². The van der Waals surface area contributed by atoms with E-state index in [1.165, 1.54) is 0 Å². The second-order valence-corrected chi connectivity index (χ2v) is 3.15. The van der Waals surface area contributed by atoms with Gasteiger partial charge in [0.15, 0.2) is 6.10 Å². The van der Waals surface area contributed by atoms with Crippen molar-refractivity contribution in [1.29, 1.82) is 0 Å². The number of rotatable bonds is 1. The van der Waals surface area contributed by atoms with Crippen LogP contribution in [0.25, 0.3) is 0 Å². The molecule has 0 saturated heterocycles. The Morgan fingerprint density at radius 1 is 1.25 bits per heavy atom. The van der Waals surface area contributed by atoms with Crippen LogP contribution in [0.15, 0.2) is 0 Å². The number of alkyl halides is 3. The first kappa shape index (κ1) is 9.80. The molecule has 2 nitrogen and oxygen atoms in total. The lowest BCUT2D eigenvalue weighted by molar-refractivity contribution is -0.226. The van der Waals surface area contributed by atoms with E-state index in [0.29, 0.717) is 12.8 Å². The minimum Gasteiger partial charge on any atom is -0.393 e. The summed E-state index contributed by atoms with van der Waals surface area (Å²) in [5.41, 5.74) is 0. The fourth-order valence-electron chi connectivity index (χ4n) is 1.58. The van der Waals surface area contributed by atoms with E-state index < -0.39 is 24.3 Å². The molecular weight excluding hydrogens is 173 g/mol. The molecule has 0 radical (unpaired) electrons. The van der Waals surface area contributed by atoms with Crippen LogP contribution in [0.5, 0.6) is 0 Å². The molecule has 0 aromatic carbocycles. The minimum atomic E-state index is -4.60. The highest BCUT2D eigenvalue weighted by atomic mass is 19.4. The fourth-order valence-corrected chi connectivity index (χ4v) is 1.58. The lowest BCUT2D eigenvalue weighted by Gasteiger charge is -2.23. The molecule has 3 unspecified atom stereocenters. The second-order valence-electron chi connectivity index (χ2n) is 3.15. The van der Waals surface area contributed by atoms with Gasteiger partial charge in [0.2, 0.25) is 0 Å². The monoisotopic (exact) mass is 184 g/mol. The molecule has 0 amide bonds. The smallest absolute Gasteiger partial charge is 0.393 e. The zero-order valence-corrected chi connectivity index (χ0v) is 6.38. The first-order chi connectivity index (χ1) is 5.43. The summed E-state index contributed by atoms with van der Waals surface area (Å²) < 4.78 is 35.7. The second kappa shape index (κ2) is 3.22. The standard InChI is InChI=1S/C7H11F3O2/c8-7(9,10)6(12)4-2-1-3-5(4)11/h4-6,11-12H,1-3H2. The molecule has 1 saturated carbocycles. The van der Waals surface area contributed by atoms with Crippen molar-refractivity contribution in [2.75, 3.05) is 0 Å². The van der Waals surface area contributed by atoms with Crippen molar-refractivity contribution in [2.24, 2.45) is 5.92 Å². The molecule has 2 N–H and O–H groups in total. The van der Waals surface area contributed by atoms with Gasteiger partial charge in [-0.2, -0.15) is 13.2 Å². The molecule has 1 fully saturated rings. The predicted molar refractivity (Wildman–Crippen MR) is 35.4 cm³/mol. The van der Waals surface area contributed by atoms with Crippen LogP contribution in [-0.4, -0.2) is 28.6 Å². The first-order valence-electron chi connectivity index (χ1n) is 3.86. The number of hydrogen-bond donors (Lipinski definition) is 2. The van der Waals surface area contributed by atoms with Gasteiger partial charge in [-0.1, -0.05) is 6.42 Å². The normalized spacial score (nSPS) is 33.8. The molecule has 1 aliphatic carbocycles. The highest BCUT2D eigenvalue weighted by molar-refractivity contribution is 4.85. The van der Waals surface area contributed by atoms with Crippen LogP contribution in [-0.2, 0) is 0 Å². The largest absolute Gasteiger partial charge is 0.414 e. The minimum absolute atomic E-state index is 0.252. The maximum atomic E-state index is 11.9. The lowest BCUT2D eigenvalue weighted by Crippen LogP contribution is -2.39. The summed E-state index contributed by atoms with van der Waals surface area (Å²) in [5, 5.41) is 17.8. The molecule has 0 heterocycles. The van der Waals surface area contributed by atoms with Crippen molar-refractivity contribution in [3.05, 3.63) is 0 Å². The van der Waals surface area contributed by atoms with Gasteiger partial charge in [0.25, 0.3) is 0 Å². The Kier molecular flexibility index (Phi) is 2.63. The average molecular weight is 184 g/mol. The van der Waals surface area contributed by atoms with E-state index in [-0.39, 0.29) is 6.42 Å². The van der Waals surface area contributed by atoms with Crippen LogP contribution in [0.3, 0.4) is 0 Å². The van der Waals surface area contributed by atoms with Crippen molar-refractivity contribution in [2.45, 2.75) is 37.6 Å². The van der Waals surface area contributed by atoms with Gasteiger partial charge in [-0.05, 0) is 12.8 Å². The molecule has 5 heteroatoms. The Morgan fingerprint density at radius 3 is 2.17 bits per heavy atom. The van der Waals surface area contributed by atoms with Crippen molar-refractivity contribution in [3.63, 3.8) is 0 Å². The Labute approximate surface area is 68.0 Å². The topological polar surface area (TPSA) is 40.5 Å². The third kappa shape index (κ3) is 1.90. The van der Waals surface area contributed by atoms with Crippen molar-refractivity contribution >= 4 is 0 Å². The van der Waals surface area contributed by atoms with E-state index in [1.807, 2.05) is 0 Å². The van der Waals surface area contributed by atoms with Crippen molar-refractivity contribution in [1.82, 2.24) is 0 Å². The fraction of sp³-hybridized carbons (Fsp3) is 1.00. The molecule has 72 valence electrons. The van der Waals surface area contributed by atoms with Crippen LogP contribution in [0.2, 0.25) is 0 Å². The zero-order valence-electron chi connectivity index (χ0n) is 6.38. The van der Waals surface area contributed by atoms with E-state index in [2.05, 4.69) is 0 Å². The van der Waals surface area contributed by atoms with E-state index in [0.717, 1.165) is 0 Å². The Hall–Kier alpha value is -0.290. The van der Waals surface area contributed by atoms with Gasteiger partial charge in [-0.3, -0.25) is 0 Å². The molecule has 0 spiro atoms. The molecule has 12 heavy (non-hydrogen) atoms. The summed E-state index contributed by atoms with van der Waals surface area (Å²) >= 11 is 0. The number of halogens is 3. The van der Waals surface area contributed by atoms with Gasteiger partial charge in [0.1, 0.15) is 0 Å². The summed E-state index contributed by atoms with van der Waals surface area (Å²) in [5.74, 6) is -1.02. The first-order valence-corrected chi connectivity index (χ1v) is 3.86. The molecular formula is C7H11F3O2. The van der Waals surface area contributed by atoms with Gasteiger partial charge in [0, 0.05) is 5.92 Å². The SMILES string of the molecule is OC1CCCC1C(O)C(F)(F)F. The van der Waals surface area contributed by atoms with Gasteiger partial charge in [-0.25, -0.2) is 0 Å². The summed E-state index contributed by atoms with van der Waals surface area (Å²) in [6, 6.07) is 0. The van der Waals surface area contributed by atoms with Gasteiger partial charge >= 0.3 is 6.18 Å². The summed E-state index contributed by atoms with van der Waals surface area (Å²) in [4.78, 5) is 0. The molecule has 0 aromatic rings. The quantitative estimate of drug-likeness (QED) is 0.640. The van der Waals surface area contributed by atoms with E-state index in [4.69, 9.17) is 10.2 Å². The number of aliphatic hydroxyl groups is 2. The molecule has 1 aliphatic rings. The van der Waals surface area contributed by atoms with Crippen molar-refractivity contribution in [3.8, 4) is 0 Å². The van der Waals surface area contributed by atoms with Crippen LogP contribution < -0.4 is 0 Å². The zero-order chi connectivity index (χ0) is 9.35. The van der Waals surface area contributed by atoms with E-state index >= 15 is 0 Å². The molecule has 3 atom stereocenters. The van der Waals surface area contributed by atoms with Crippen LogP contribution in [0.1, 0.15) is 19.3 Å². The van der Waals surface area contributed by atoms with Gasteiger partial charge in [-0.15, -0.1) is 0 Å². The van der Waals surface area contributed by atoms with Crippen LogP contribution in [0.4, 0.5) is 13.2 Å². The summed E-state index contributed by atoms with van der Waals surface area (Å²) in [6.07, 6.45) is -6.80. The Balaban J connectivity index is 2.57. The third-order valence-electron chi connectivity index (χ3n) is 2.27. The lowest BCUT2D eigenvalue weighted by atomic mass is 9.98. The maximum absolute atomic E-state index is 11.9. The Morgan fingerprint density at radius 2 is 1.83 bits per heavy atom. The number of aliphatic hydroxyl groups excluding tert-OH is 2. The molecule has 0 aliphatic heterocycles. The van der Waals surface area contributed by atoms with E-state index in [9.17, 15) is 13.2 Å².